The van der Waals surface area contributed by atoms with Crippen LogP contribution in [0.1, 0.15) is 32.0 Å². The summed E-state index contributed by atoms with van der Waals surface area (Å²) in [7, 11) is 1.84. The number of nitrogens with zero attached hydrogens (tertiary/aromatic N) is 2. The van der Waals surface area contributed by atoms with Crippen LogP contribution in [0.5, 0.6) is 0 Å². The Balaban J connectivity index is 1.79. The van der Waals surface area contributed by atoms with Gasteiger partial charge in [0.25, 0.3) is 0 Å². The number of aromatic nitrogens is 2. The Hall–Kier alpha value is -1.36. The lowest BCUT2D eigenvalue weighted by Crippen LogP contribution is -2.36. The van der Waals surface area contributed by atoms with Crippen LogP contribution in [0.2, 0.25) is 0 Å². The topological polar surface area (TPSA) is 61.0 Å². The number of imidazole rings is 1. The zero-order valence-corrected chi connectivity index (χ0v) is 11.9. The van der Waals surface area contributed by atoms with Crippen molar-refractivity contribution in [1.29, 1.82) is 0 Å². The number of H-pyrrole nitrogens is 1. The first kappa shape index (κ1) is 14.1. The molecule has 2 heterocycles. The van der Waals surface area contributed by atoms with Gasteiger partial charge in [0.1, 0.15) is 5.82 Å². The number of nitrogens with one attached hydrogen (secondary N) is 2. The second-order valence-corrected chi connectivity index (χ2v) is 5.57. The van der Waals surface area contributed by atoms with Gasteiger partial charge in [0.05, 0.1) is 6.54 Å². The second kappa shape index (κ2) is 6.70. The Bertz CT molecular complexity index is 384. The largest absolute Gasteiger partial charge is 0.347 e. The predicted molar refractivity (Wildman–Crippen MR) is 74.4 cm³/mol. The first-order valence-electron chi connectivity index (χ1n) is 7.09. The quantitative estimate of drug-likeness (QED) is 0.845. The van der Waals surface area contributed by atoms with E-state index in [2.05, 4.69) is 22.2 Å². The van der Waals surface area contributed by atoms with E-state index >= 15 is 0 Å². The lowest BCUT2D eigenvalue weighted by atomic mass is 9.85. The zero-order valence-electron chi connectivity index (χ0n) is 11.9. The predicted octanol–water partition coefficient (Wildman–Crippen LogP) is 1.39. The molecule has 2 rings (SSSR count). The van der Waals surface area contributed by atoms with Crippen LogP contribution in [0, 0.1) is 11.8 Å². The molecule has 106 valence electrons. The lowest BCUT2D eigenvalue weighted by molar-refractivity contribution is -0.131. The van der Waals surface area contributed by atoms with E-state index in [1.165, 1.54) is 12.8 Å². The third-order valence-corrected chi connectivity index (χ3v) is 4.00. The van der Waals surface area contributed by atoms with Crippen LogP contribution in [-0.4, -0.2) is 40.9 Å². The molecule has 0 saturated carbocycles. The van der Waals surface area contributed by atoms with Gasteiger partial charge in [-0.3, -0.25) is 4.79 Å². The SMILES string of the molecule is CC(CC(=O)N(C)Cc1ncc[nH]1)C1CCCNC1. The van der Waals surface area contributed by atoms with E-state index in [-0.39, 0.29) is 5.91 Å². The third-order valence-electron chi connectivity index (χ3n) is 4.00. The van der Waals surface area contributed by atoms with Gasteiger partial charge < -0.3 is 15.2 Å². The second-order valence-electron chi connectivity index (χ2n) is 5.57. The Kier molecular flexibility index (Phi) is 4.96. The number of amides is 1. The molecule has 2 unspecified atom stereocenters. The normalized spacial score (nSPS) is 21.1. The van der Waals surface area contributed by atoms with Gasteiger partial charge >= 0.3 is 0 Å². The van der Waals surface area contributed by atoms with Crippen molar-refractivity contribution in [3.63, 3.8) is 0 Å². The molecule has 1 aromatic rings. The first-order valence-corrected chi connectivity index (χ1v) is 7.09. The van der Waals surface area contributed by atoms with E-state index in [1.54, 1.807) is 17.3 Å². The van der Waals surface area contributed by atoms with Crippen LogP contribution in [0.25, 0.3) is 0 Å². The van der Waals surface area contributed by atoms with E-state index in [4.69, 9.17) is 0 Å². The molecule has 5 heteroatoms. The summed E-state index contributed by atoms with van der Waals surface area (Å²) >= 11 is 0. The average Bonchev–Trinajstić information content (AvgIpc) is 2.92. The minimum atomic E-state index is 0.203. The highest BCUT2D eigenvalue weighted by Gasteiger charge is 2.23. The molecule has 1 saturated heterocycles. The van der Waals surface area contributed by atoms with E-state index < -0.39 is 0 Å². The van der Waals surface area contributed by atoms with Crippen molar-refractivity contribution in [2.75, 3.05) is 20.1 Å². The molecule has 5 nitrogen and oxygen atoms in total. The highest BCUT2D eigenvalue weighted by Crippen LogP contribution is 2.23. The molecular formula is C14H24N4O. The van der Waals surface area contributed by atoms with Gasteiger partial charge in [-0.2, -0.15) is 0 Å². The minimum Gasteiger partial charge on any atom is -0.347 e. The fourth-order valence-electron chi connectivity index (χ4n) is 2.66. The minimum absolute atomic E-state index is 0.203. The maximum Gasteiger partial charge on any atom is 0.222 e. The van der Waals surface area contributed by atoms with E-state index in [0.29, 0.717) is 24.8 Å². The number of carbonyl (C=O) groups is 1. The molecule has 2 N–H and O–H groups in total. The van der Waals surface area contributed by atoms with E-state index in [1.807, 2.05) is 7.05 Å². The number of carbonyl (C=O) groups excluding carboxylic acids is 1. The molecule has 1 aliphatic heterocycles. The van der Waals surface area contributed by atoms with Crippen LogP contribution >= 0.6 is 0 Å². The maximum absolute atomic E-state index is 12.2. The van der Waals surface area contributed by atoms with Gasteiger partial charge in [0, 0.05) is 25.9 Å². The number of hydrogen-bond acceptors (Lipinski definition) is 3. The molecule has 1 aromatic heterocycles. The van der Waals surface area contributed by atoms with Gasteiger partial charge in [-0.05, 0) is 37.8 Å². The Morgan fingerprint density at radius 2 is 2.47 bits per heavy atom. The molecule has 1 aliphatic rings. The Morgan fingerprint density at radius 3 is 3.11 bits per heavy atom. The standard InChI is InChI=1S/C14H24N4O/c1-11(12-4-3-5-15-9-12)8-14(19)18(2)10-13-16-6-7-17-13/h6-7,11-12,15H,3-5,8-10H2,1-2H3,(H,16,17). The van der Waals surface area contributed by atoms with Gasteiger partial charge in [0.2, 0.25) is 5.91 Å². The highest BCUT2D eigenvalue weighted by molar-refractivity contribution is 5.76. The molecule has 1 amide bonds. The molecule has 0 aromatic carbocycles. The first-order chi connectivity index (χ1) is 9.16. The smallest absolute Gasteiger partial charge is 0.222 e. The monoisotopic (exact) mass is 264 g/mol. The number of aromatic amines is 1. The number of piperidine rings is 1. The molecule has 0 spiro atoms. The van der Waals surface area contributed by atoms with Crippen LogP contribution < -0.4 is 5.32 Å². The van der Waals surface area contributed by atoms with Crippen molar-refractivity contribution < 1.29 is 4.79 Å². The number of rotatable bonds is 5. The van der Waals surface area contributed by atoms with E-state index in [9.17, 15) is 4.79 Å². The summed E-state index contributed by atoms with van der Waals surface area (Å²) in [5, 5.41) is 3.41. The molecule has 19 heavy (non-hydrogen) atoms. The van der Waals surface area contributed by atoms with Gasteiger partial charge in [-0.25, -0.2) is 4.98 Å². The zero-order chi connectivity index (χ0) is 13.7. The fraction of sp³-hybridized carbons (Fsp3) is 0.714. The summed E-state index contributed by atoms with van der Waals surface area (Å²) in [6, 6.07) is 0. The number of hydrogen-bond donors (Lipinski definition) is 2. The van der Waals surface area contributed by atoms with Crippen molar-refractivity contribution in [2.45, 2.75) is 32.7 Å². The third kappa shape index (κ3) is 4.06. The molecule has 0 radical (unpaired) electrons. The van der Waals surface area contributed by atoms with Crippen molar-refractivity contribution >= 4 is 5.91 Å². The molecular weight excluding hydrogens is 240 g/mol. The summed E-state index contributed by atoms with van der Waals surface area (Å²) < 4.78 is 0. The molecule has 2 atom stereocenters. The summed E-state index contributed by atoms with van der Waals surface area (Å²) in [5.41, 5.74) is 0. The van der Waals surface area contributed by atoms with Crippen LogP contribution in [0.4, 0.5) is 0 Å². The fourth-order valence-corrected chi connectivity index (χ4v) is 2.66. The summed E-state index contributed by atoms with van der Waals surface area (Å²) in [5.74, 6) is 2.12. The molecule has 0 bridgehead atoms. The maximum atomic E-state index is 12.2. The van der Waals surface area contributed by atoms with Gasteiger partial charge in [-0.15, -0.1) is 0 Å². The van der Waals surface area contributed by atoms with Crippen molar-refractivity contribution in [3.8, 4) is 0 Å². The van der Waals surface area contributed by atoms with Crippen LogP contribution in [0.3, 0.4) is 0 Å². The summed E-state index contributed by atoms with van der Waals surface area (Å²) in [4.78, 5) is 21.1. The Morgan fingerprint density at radius 1 is 1.63 bits per heavy atom. The summed E-state index contributed by atoms with van der Waals surface area (Å²) in [6.45, 7) is 4.92. The van der Waals surface area contributed by atoms with Gasteiger partial charge in [-0.1, -0.05) is 6.92 Å². The van der Waals surface area contributed by atoms with Crippen molar-refractivity contribution in [2.24, 2.45) is 11.8 Å². The van der Waals surface area contributed by atoms with Crippen molar-refractivity contribution in [3.05, 3.63) is 18.2 Å². The van der Waals surface area contributed by atoms with Crippen LogP contribution in [-0.2, 0) is 11.3 Å². The lowest BCUT2D eigenvalue weighted by Gasteiger charge is -2.29. The van der Waals surface area contributed by atoms with Crippen molar-refractivity contribution in [1.82, 2.24) is 20.2 Å². The molecule has 1 fully saturated rings. The van der Waals surface area contributed by atoms with Crippen LogP contribution in [0.15, 0.2) is 12.4 Å². The average molecular weight is 264 g/mol. The Labute approximate surface area is 114 Å². The molecule has 0 aliphatic carbocycles. The highest BCUT2D eigenvalue weighted by atomic mass is 16.2. The summed E-state index contributed by atoms with van der Waals surface area (Å²) in [6.07, 6.45) is 6.59. The van der Waals surface area contributed by atoms with Gasteiger partial charge in [0.15, 0.2) is 0 Å². The van der Waals surface area contributed by atoms with E-state index in [0.717, 1.165) is 18.9 Å².